The van der Waals surface area contributed by atoms with Crippen LogP contribution in [0.2, 0.25) is 0 Å². The molecule has 1 fully saturated rings. The molecular formula is C14H21N3O4S. The number of hydrogen-bond donors (Lipinski definition) is 0. The second-order valence-corrected chi connectivity index (χ2v) is 7.83. The van der Waals surface area contributed by atoms with Gasteiger partial charge in [0.15, 0.2) is 9.84 Å². The third-order valence-electron chi connectivity index (χ3n) is 4.09. The van der Waals surface area contributed by atoms with Crippen molar-refractivity contribution in [3.05, 3.63) is 28.3 Å². The summed E-state index contributed by atoms with van der Waals surface area (Å²) in [6.07, 6.45) is 3.08. The van der Waals surface area contributed by atoms with E-state index >= 15 is 0 Å². The van der Waals surface area contributed by atoms with Crippen LogP contribution in [0, 0.1) is 10.1 Å². The summed E-state index contributed by atoms with van der Waals surface area (Å²) in [7, 11) is 0.320. The number of anilines is 1. The molecule has 0 radical (unpaired) electrons. The van der Waals surface area contributed by atoms with Crippen LogP contribution in [-0.2, 0) is 9.84 Å². The van der Waals surface area contributed by atoms with Gasteiger partial charge in [0, 0.05) is 37.6 Å². The summed E-state index contributed by atoms with van der Waals surface area (Å²) in [5, 5.41) is 11.2. The van der Waals surface area contributed by atoms with E-state index in [9.17, 15) is 18.5 Å². The maximum Gasteiger partial charge on any atom is 0.290 e. The lowest BCUT2D eigenvalue weighted by Crippen LogP contribution is -2.45. The summed E-state index contributed by atoms with van der Waals surface area (Å²) in [6, 6.07) is 4.58. The summed E-state index contributed by atoms with van der Waals surface area (Å²) in [5.41, 5.74) is 0.301. The Kier molecular flexibility index (Phi) is 4.72. The number of likely N-dealkylation sites (N-methyl/N-ethyl adjacent to an activating group) is 2. The number of rotatable bonds is 4. The number of benzene rings is 1. The molecule has 0 amide bonds. The predicted octanol–water partition coefficient (Wildman–Crippen LogP) is 1.53. The Hall–Kier alpha value is -1.67. The minimum atomic E-state index is -3.62. The highest BCUT2D eigenvalue weighted by atomic mass is 32.2. The molecule has 1 aliphatic rings. The van der Waals surface area contributed by atoms with Crippen molar-refractivity contribution in [2.24, 2.45) is 0 Å². The largest absolute Gasteiger partial charge is 0.370 e. The van der Waals surface area contributed by atoms with E-state index < -0.39 is 14.8 Å². The first-order valence-electron chi connectivity index (χ1n) is 7.10. The normalized spacial score (nSPS) is 19.9. The lowest BCUT2D eigenvalue weighted by atomic mass is 10.0. The van der Waals surface area contributed by atoms with Gasteiger partial charge in [-0.05, 0) is 38.6 Å². The van der Waals surface area contributed by atoms with E-state index in [0.29, 0.717) is 5.69 Å². The highest BCUT2D eigenvalue weighted by Crippen LogP contribution is 2.30. The minimum Gasteiger partial charge on any atom is -0.370 e. The van der Waals surface area contributed by atoms with E-state index in [1.165, 1.54) is 12.1 Å². The van der Waals surface area contributed by atoms with Crippen LogP contribution < -0.4 is 4.90 Å². The van der Waals surface area contributed by atoms with Crippen molar-refractivity contribution in [3.8, 4) is 0 Å². The van der Waals surface area contributed by atoms with Crippen molar-refractivity contribution >= 4 is 21.2 Å². The summed E-state index contributed by atoms with van der Waals surface area (Å²) in [4.78, 5) is 14.5. The monoisotopic (exact) mass is 327 g/mol. The van der Waals surface area contributed by atoms with Gasteiger partial charge in [-0.1, -0.05) is 0 Å². The maximum atomic E-state index is 11.7. The van der Waals surface area contributed by atoms with Crippen LogP contribution in [-0.4, -0.2) is 57.7 Å². The zero-order chi connectivity index (χ0) is 16.5. The Bertz CT molecular complexity index is 675. The summed E-state index contributed by atoms with van der Waals surface area (Å²) in [6.45, 7) is 1.94. The maximum absolute atomic E-state index is 11.7. The first-order chi connectivity index (χ1) is 10.2. The van der Waals surface area contributed by atoms with Crippen LogP contribution in [0.5, 0.6) is 0 Å². The molecule has 0 bridgehead atoms. The molecule has 1 aromatic rings. The van der Waals surface area contributed by atoms with Gasteiger partial charge in [-0.2, -0.15) is 0 Å². The highest BCUT2D eigenvalue weighted by molar-refractivity contribution is 7.90. The van der Waals surface area contributed by atoms with Gasteiger partial charge in [0.25, 0.3) is 5.69 Å². The minimum absolute atomic E-state index is 0.240. The average molecular weight is 327 g/mol. The van der Waals surface area contributed by atoms with Gasteiger partial charge < -0.3 is 9.80 Å². The van der Waals surface area contributed by atoms with Crippen molar-refractivity contribution in [3.63, 3.8) is 0 Å². The standard InChI is InChI=1S/C14H21N3O4S/c1-15-8-4-5-12(10-15)16(2)11-6-7-14(22(3,20)21)13(9-11)17(18)19/h6-7,9,12H,4-5,8,10H2,1-3H3/t12-/m0/s1. The van der Waals surface area contributed by atoms with Gasteiger partial charge in [-0.3, -0.25) is 10.1 Å². The fourth-order valence-corrected chi connectivity index (χ4v) is 3.68. The Balaban J connectivity index is 2.36. The smallest absolute Gasteiger partial charge is 0.290 e. The Labute approximate surface area is 130 Å². The molecule has 1 saturated heterocycles. The Morgan fingerprint density at radius 1 is 1.41 bits per heavy atom. The van der Waals surface area contributed by atoms with E-state index in [0.717, 1.165) is 32.2 Å². The highest BCUT2D eigenvalue weighted by Gasteiger charge is 2.26. The predicted molar refractivity (Wildman–Crippen MR) is 85.1 cm³/mol. The first kappa shape index (κ1) is 16.7. The van der Waals surface area contributed by atoms with Gasteiger partial charge >= 0.3 is 0 Å². The van der Waals surface area contributed by atoms with Gasteiger partial charge in [0.05, 0.1) is 4.92 Å². The van der Waals surface area contributed by atoms with Crippen LogP contribution in [0.25, 0.3) is 0 Å². The molecule has 1 aliphatic heterocycles. The van der Waals surface area contributed by atoms with E-state index in [4.69, 9.17) is 0 Å². The molecular weight excluding hydrogens is 306 g/mol. The van der Waals surface area contributed by atoms with E-state index in [1.54, 1.807) is 6.07 Å². The van der Waals surface area contributed by atoms with Gasteiger partial charge in [-0.15, -0.1) is 0 Å². The third-order valence-corrected chi connectivity index (χ3v) is 5.24. The number of nitro groups is 1. The molecule has 1 aromatic carbocycles. The van der Waals surface area contributed by atoms with E-state index in [2.05, 4.69) is 11.9 Å². The Morgan fingerprint density at radius 3 is 2.64 bits per heavy atom. The quantitative estimate of drug-likeness (QED) is 0.616. The molecule has 1 heterocycles. The first-order valence-corrected chi connectivity index (χ1v) is 8.99. The van der Waals surface area contributed by atoms with Crippen molar-refractivity contribution in [2.75, 3.05) is 38.3 Å². The number of nitro benzene ring substituents is 1. The van der Waals surface area contributed by atoms with E-state index in [-0.39, 0.29) is 16.6 Å². The number of likely N-dealkylation sites (tertiary alicyclic amines) is 1. The zero-order valence-corrected chi connectivity index (χ0v) is 13.8. The lowest BCUT2D eigenvalue weighted by Gasteiger charge is -2.37. The number of sulfone groups is 1. The second kappa shape index (κ2) is 6.21. The molecule has 0 unspecified atom stereocenters. The molecule has 22 heavy (non-hydrogen) atoms. The zero-order valence-electron chi connectivity index (χ0n) is 13.0. The van der Waals surface area contributed by atoms with Crippen LogP contribution >= 0.6 is 0 Å². The molecule has 1 atom stereocenters. The average Bonchev–Trinajstić information content (AvgIpc) is 2.44. The van der Waals surface area contributed by atoms with Crippen LogP contribution in [0.4, 0.5) is 11.4 Å². The second-order valence-electron chi connectivity index (χ2n) is 5.85. The van der Waals surface area contributed by atoms with Crippen molar-refractivity contribution in [1.82, 2.24) is 4.90 Å². The molecule has 8 heteroatoms. The molecule has 0 aliphatic carbocycles. The molecule has 0 N–H and O–H groups in total. The van der Waals surface area contributed by atoms with Gasteiger partial charge in [0.2, 0.25) is 0 Å². The van der Waals surface area contributed by atoms with Gasteiger partial charge in [-0.25, -0.2) is 8.42 Å². The van der Waals surface area contributed by atoms with E-state index in [1.807, 2.05) is 11.9 Å². The van der Waals surface area contributed by atoms with Crippen molar-refractivity contribution < 1.29 is 13.3 Å². The van der Waals surface area contributed by atoms with Crippen LogP contribution in [0.15, 0.2) is 23.1 Å². The molecule has 0 saturated carbocycles. The fraction of sp³-hybridized carbons (Fsp3) is 0.571. The summed E-state index contributed by atoms with van der Waals surface area (Å²) < 4.78 is 23.3. The van der Waals surface area contributed by atoms with Crippen molar-refractivity contribution in [1.29, 1.82) is 0 Å². The third kappa shape index (κ3) is 3.56. The van der Waals surface area contributed by atoms with Gasteiger partial charge in [0.1, 0.15) is 4.90 Å². The van der Waals surface area contributed by atoms with Crippen LogP contribution in [0.1, 0.15) is 12.8 Å². The number of hydrogen-bond acceptors (Lipinski definition) is 6. The number of piperidine rings is 1. The molecule has 7 nitrogen and oxygen atoms in total. The molecule has 2 rings (SSSR count). The summed E-state index contributed by atoms with van der Waals surface area (Å²) >= 11 is 0. The lowest BCUT2D eigenvalue weighted by molar-refractivity contribution is -0.387. The Morgan fingerprint density at radius 2 is 2.09 bits per heavy atom. The molecule has 122 valence electrons. The van der Waals surface area contributed by atoms with Crippen LogP contribution in [0.3, 0.4) is 0 Å². The SMILES string of the molecule is CN1CCC[C@H](N(C)c2ccc(S(C)(=O)=O)c([N+](=O)[O-])c2)C1. The molecule has 0 aromatic heterocycles. The summed E-state index contributed by atoms with van der Waals surface area (Å²) in [5.74, 6) is 0. The fourth-order valence-electron chi connectivity index (χ4n) is 2.85. The number of nitrogens with zero attached hydrogens (tertiary/aromatic N) is 3. The van der Waals surface area contributed by atoms with Crippen molar-refractivity contribution in [2.45, 2.75) is 23.8 Å². The molecule has 0 spiro atoms. The topological polar surface area (TPSA) is 83.8 Å².